The SMILES string of the molecule is CC(O)=N[C@H]1[C@H](O[C@@H]2c3ccc(c(Cl)c3)Oc3cc4cc(c3O[C@H]3O[C@H](CO)[C@@H](O)[C@H](O)[C@H]3C)Oc3ccc(cc3Cl)C[C@H]3N=C(O)[C@@H](N)c5ccc(O)c(c5)Oc5cc(O)cc(c5)[C@H](N=C3O)C(O)=N[C@H]4C(O)=N[C@H]3C(O)=N[C@@H]2C(O)=N[C@@H](C(=O)O)c2cc(O)cc(O[C@@H]4O[C@H](CO)[C@@H](O)[C@H](O)[C@@H]4O)c2-c2cc3ccc2O)O[C@@H](CO)[C@@H](O)[C@H]1O. The molecule has 0 saturated carbocycles. The number of nitrogens with two attached hydrogens (primary N) is 1. The smallest absolute Gasteiger partial charge is 0.333 e. The van der Waals surface area contributed by atoms with E-state index in [0.717, 1.165) is 79.7 Å². The zero-order valence-electron chi connectivity index (χ0n) is 63.0. The zero-order valence-corrected chi connectivity index (χ0v) is 64.5. The van der Waals surface area contributed by atoms with Crippen molar-refractivity contribution in [3.63, 3.8) is 0 Å². The Morgan fingerprint density at radius 1 is 0.496 bits per heavy atom. The largest absolute Gasteiger partial charge is 0.508 e. The molecule has 9 aliphatic heterocycles. The third-order valence-corrected chi connectivity index (χ3v) is 21.6. The molecular formula is C79H80Cl2N8O32. The molecule has 0 aliphatic carbocycles. The Morgan fingerprint density at radius 2 is 1.05 bits per heavy atom. The van der Waals surface area contributed by atoms with E-state index < -0.39 is 298 Å². The van der Waals surface area contributed by atoms with Crippen LogP contribution in [0, 0.1) is 5.92 Å². The Bertz CT molecular complexity index is 5360. The second-order valence-corrected chi connectivity index (χ2v) is 30.0. The number of carbonyl (C=O) groups is 1. The lowest BCUT2D eigenvalue weighted by Gasteiger charge is -2.42. The lowest BCUT2D eigenvalue weighted by atomic mass is 9.90. The average molecular weight is 1720 g/mol. The first kappa shape index (κ1) is 85.9. The maximum Gasteiger partial charge on any atom is 0.333 e. The normalized spacial score (nSPS) is 30.7. The predicted molar refractivity (Wildman–Crippen MR) is 421 cm³/mol. The number of hydrogen-bond donors (Lipinski definition) is 23. The summed E-state index contributed by atoms with van der Waals surface area (Å²) in [5.74, 6) is -18.1. The molecule has 0 radical (unpaired) electrons. The third-order valence-electron chi connectivity index (χ3n) is 21.0. The van der Waals surface area contributed by atoms with Crippen molar-refractivity contribution < 1.29 is 160 Å². The van der Waals surface area contributed by atoms with Crippen LogP contribution in [0.4, 0.5) is 0 Å². The number of rotatable bonds is 11. The molecule has 9 heterocycles. The molecule has 17 bridgehead atoms. The van der Waals surface area contributed by atoms with Crippen molar-refractivity contribution in [2.75, 3.05) is 19.8 Å². The number of carboxylic acid groups (broad SMARTS) is 1. The molecule has 9 aliphatic rings. The quantitative estimate of drug-likeness (QED) is 0.0594. The van der Waals surface area contributed by atoms with Crippen LogP contribution in [-0.4, -0.2) is 277 Å². The van der Waals surface area contributed by atoms with Crippen LogP contribution in [0.25, 0.3) is 11.1 Å². The highest BCUT2D eigenvalue weighted by molar-refractivity contribution is 6.32. The van der Waals surface area contributed by atoms with Crippen LogP contribution in [0.2, 0.25) is 10.0 Å². The van der Waals surface area contributed by atoms with E-state index in [4.69, 9.17) is 71.6 Å². The fraction of sp³-hybridized carbons (Fsp3) is 0.367. The highest BCUT2D eigenvalue weighted by Gasteiger charge is 2.51. The second kappa shape index (κ2) is 34.9. The van der Waals surface area contributed by atoms with Crippen molar-refractivity contribution >= 4 is 70.5 Å². The number of benzene rings is 7. The van der Waals surface area contributed by atoms with Gasteiger partial charge in [0.2, 0.25) is 53.7 Å². The van der Waals surface area contributed by atoms with E-state index in [0.29, 0.717) is 0 Å². The van der Waals surface area contributed by atoms with Gasteiger partial charge < -0.3 is 161 Å². The minimum atomic E-state index is -2.61. The van der Waals surface area contributed by atoms with Gasteiger partial charge in [0.1, 0.15) is 119 Å². The van der Waals surface area contributed by atoms with E-state index in [1.165, 1.54) is 49.4 Å². The first-order chi connectivity index (χ1) is 57.6. The van der Waals surface area contributed by atoms with E-state index in [1.807, 2.05) is 0 Å². The predicted octanol–water partition coefficient (Wildman–Crippen LogP) is 5.06. The number of aliphatic imine (C=N–C) groups is 7. The number of fused-ring (bicyclic) bond motifs is 12. The lowest BCUT2D eigenvalue weighted by Crippen LogP contribution is -2.60. The first-order valence-corrected chi connectivity index (χ1v) is 37.9. The number of nitrogens with zero attached hydrogens (tertiary/aromatic N) is 7. The highest BCUT2D eigenvalue weighted by atomic mass is 35.5. The molecule has 0 aromatic heterocycles. The Balaban J connectivity index is 1.10. The molecule has 121 heavy (non-hydrogen) atoms. The second-order valence-electron chi connectivity index (χ2n) is 29.2. The Labute approximate surface area is 692 Å². The number of aliphatic hydroxyl groups is 17. The number of phenolic OH excluding ortho intramolecular Hbond substituents is 4. The first-order valence-electron chi connectivity index (χ1n) is 37.1. The number of aliphatic hydroxyl groups excluding tert-OH is 17. The molecule has 7 aromatic carbocycles. The molecule has 3 fully saturated rings. The van der Waals surface area contributed by atoms with Gasteiger partial charge in [-0.2, -0.15) is 0 Å². The minimum absolute atomic E-state index is 0.0949. The molecule has 0 amide bonds. The van der Waals surface area contributed by atoms with Crippen LogP contribution in [0.3, 0.4) is 0 Å². The van der Waals surface area contributed by atoms with E-state index in [2.05, 4.69) is 34.9 Å². The Morgan fingerprint density at radius 3 is 1.69 bits per heavy atom. The van der Waals surface area contributed by atoms with Gasteiger partial charge in [0.15, 0.2) is 65.4 Å². The van der Waals surface area contributed by atoms with Gasteiger partial charge in [-0.3, -0.25) is 0 Å². The van der Waals surface area contributed by atoms with Crippen molar-refractivity contribution in [1.29, 1.82) is 0 Å². The monoisotopic (exact) mass is 1720 g/mol. The van der Waals surface area contributed by atoms with Crippen LogP contribution in [0.5, 0.6) is 69.0 Å². The van der Waals surface area contributed by atoms with Gasteiger partial charge in [0, 0.05) is 48.1 Å². The van der Waals surface area contributed by atoms with Crippen LogP contribution >= 0.6 is 23.2 Å². The number of ether oxygens (including phenoxy) is 9. The van der Waals surface area contributed by atoms with Gasteiger partial charge in [0.05, 0.1) is 36.0 Å². The van der Waals surface area contributed by atoms with Crippen LogP contribution in [0.1, 0.15) is 89.1 Å². The standard InChI is InChI=1S/C79H80Cl2N8O32/c1-26-61(98)62(99)50(23-90)117-77(26)121-69-48-18-33-19-49(69)115-45-10-6-31(16-40(45)81)68(120-78-59(83-27(2)93)65(102)63(100)51(24-91)118-78)60-75(110)88-58(76(111)112)38-21-35(95)22-47(116-79-67(104)66(103)64(101)52(25-92)119-79)53(38)37-15-30(5-7-42(37)96)55(72(107)89-60)86-74(109)57(33)87-73(108)56-32-13-34(94)20-36(14-32)113-46-17-29(4-8-43(46)97)54(82)71(106)84-41(70(105)85-56)12-28-3-9-44(114-48)39(80)11-28/h3-11,13-22,26,41,50-52,54-68,77-79,90-92,94-104H,12,23-25,82H2,1-2H3,(H,83,93)(H,84,106)(H,85,105)(H,86,109)(H,87,108)(H,88,110)(H,89,107)(H,111,112)/t26-,41-,50-,51+,52-,54+,55-,56+,57-,58-,59-,60+,61-,62-,63-,64-,65+,66+,67+,68-,77-,78+,79-/m1/s1. The van der Waals surface area contributed by atoms with Gasteiger partial charge in [-0.05, 0) is 112 Å². The molecule has 16 rings (SSSR count). The number of carboxylic acids is 1. The average Bonchev–Trinajstić information content (AvgIpc) is 0.745. The molecule has 7 aromatic rings. The lowest BCUT2D eigenvalue weighted by molar-refractivity contribution is -0.279. The fourth-order valence-corrected chi connectivity index (χ4v) is 15.1. The summed E-state index contributed by atoms with van der Waals surface area (Å²) in [6.07, 6.45) is -27.7. The summed E-state index contributed by atoms with van der Waals surface area (Å²) >= 11 is 14.6. The van der Waals surface area contributed by atoms with E-state index in [1.54, 1.807) is 0 Å². The zero-order chi connectivity index (χ0) is 86.8. The van der Waals surface area contributed by atoms with Crippen LogP contribution in [-0.2, 0) is 30.2 Å². The van der Waals surface area contributed by atoms with Crippen LogP contribution < -0.4 is 29.4 Å². The summed E-state index contributed by atoms with van der Waals surface area (Å²) in [7, 11) is 0. The van der Waals surface area contributed by atoms with Crippen molar-refractivity contribution in [3.8, 4) is 80.1 Å². The summed E-state index contributed by atoms with van der Waals surface area (Å²) < 4.78 is 57.0. The van der Waals surface area contributed by atoms with Crippen molar-refractivity contribution in [1.82, 2.24) is 0 Å². The summed E-state index contributed by atoms with van der Waals surface area (Å²) in [5, 5.41) is 257. The third kappa shape index (κ3) is 17.3. The number of aromatic hydroxyl groups is 4. The van der Waals surface area contributed by atoms with Gasteiger partial charge in [-0.1, -0.05) is 54.4 Å². The maximum atomic E-state index is 14.2. The molecular weight excluding hydrogens is 1640 g/mol. The summed E-state index contributed by atoms with van der Waals surface area (Å²) in [6, 6.07) is 3.66. The molecule has 40 nitrogen and oxygen atoms in total. The van der Waals surface area contributed by atoms with Gasteiger partial charge in [0.25, 0.3) is 0 Å². The van der Waals surface area contributed by atoms with E-state index >= 15 is 0 Å². The maximum absolute atomic E-state index is 14.2. The van der Waals surface area contributed by atoms with Crippen molar-refractivity contribution in [2.45, 2.75) is 155 Å². The molecule has 0 spiro atoms. The molecule has 642 valence electrons. The summed E-state index contributed by atoms with van der Waals surface area (Å²) in [4.78, 5) is 45.3. The topological polar surface area (TPSA) is 658 Å². The number of aliphatic carboxylic acids is 1. The Kier molecular flexibility index (Phi) is 24.8. The van der Waals surface area contributed by atoms with Crippen molar-refractivity contribution in [3.05, 3.63) is 164 Å². The van der Waals surface area contributed by atoms with E-state index in [-0.39, 0.29) is 44.5 Å². The fourth-order valence-electron chi connectivity index (χ4n) is 14.7. The van der Waals surface area contributed by atoms with Crippen LogP contribution in [0.15, 0.2) is 150 Å². The number of hydrogen-bond acceptors (Lipinski definition) is 32. The Hall–Kier alpha value is -11.5. The van der Waals surface area contributed by atoms with Gasteiger partial charge >= 0.3 is 5.97 Å². The molecule has 3 saturated heterocycles. The van der Waals surface area contributed by atoms with E-state index in [9.17, 15) is 117 Å². The minimum Gasteiger partial charge on any atom is -0.508 e. The summed E-state index contributed by atoms with van der Waals surface area (Å²) in [5.41, 5.74) is 3.28. The number of halogens is 2. The summed E-state index contributed by atoms with van der Waals surface area (Å²) in [6.45, 7) is -0.525. The highest BCUT2D eigenvalue weighted by Crippen LogP contribution is 2.52. The van der Waals surface area contributed by atoms with Crippen molar-refractivity contribution in [2.24, 2.45) is 46.6 Å². The molecule has 0 unspecified atom stereocenters. The van der Waals surface area contributed by atoms with Gasteiger partial charge in [-0.25, -0.2) is 39.7 Å². The van der Waals surface area contributed by atoms with Gasteiger partial charge in [-0.15, -0.1) is 0 Å². The molecule has 23 atom stereocenters. The molecule has 24 N–H and O–H groups in total. The molecule has 42 heteroatoms. The number of phenols is 4.